The number of cyclic esters (lactones) is 1. The molecule has 0 aliphatic carbocycles. The van der Waals surface area contributed by atoms with Gasteiger partial charge in [-0.2, -0.15) is 0 Å². The van der Waals surface area contributed by atoms with Crippen LogP contribution in [0.25, 0.3) is 0 Å². The van der Waals surface area contributed by atoms with Crippen LogP contribution in [0.3, 0.4) is 0 Å². The predicted molar refractivity (Wildman–Crippen MR) is 115 cm³/mol. The Balaban J connectivity index is 1.56. The van der Waals surface area contributed by atoms with Crippen LogP contribution in [0.4, 0.5) is 10.5 Å². The third-order valence-corrected chi connectivity index (χ3v) is 5.92. The highest BCUT2D eigenvalue weighted by Crippen LogP contribution is 2.23. The Labute approximate surface area is 181 Å². The number of carbonyl (C=O) groups excluding carboxylic acids is 1. The molecular weight excluding hydrogens is 426 g/mol. The summed E-state index contributed by atoms with van der Waals surface area (Å²) in [7, 11) is -3.60. The molecule has 170 valence electrons. The Hall–Kier alpha value is -2.70. The molecule has 1 amide bonds. The molecule has 0 spiro atoms. The number of carboxylic acid groups (broad SMARTS) is 1. The fourth-order valence-electron chi connectivity index (χ4n) is 3.65. The number of amidine groups is 1. The molecule has 0 saturated carbocycles. The van der Waals surface area contributed by atoms with E-state index in [1.54, 1.807) is 31.2 Å². The number of amides is 1. The quantitative estimate of drug-likeness (QED) is 0.422. The van der Waals surface area contributed by atoms with Crippen molar-refractivity contribution >= 4 is 33.6 Å². The molecule has 2 saturated heterocycles. The van der Waals surface area contributed by atoms with Gasteiger partial charge in [-0.05, 0) is 31.2 Å². The average molecular weight is 454 g/mol. The first-order valence-electron chi connectivity index (χ1n) is 9.86. The molecular formula is C19H27N5O6S. The monoisotopic (exact) mass is 453 g/mol. The van der Waals surface area contributed by atoms with E-state index >= 15 is 0 Å². The van der Waals surface area contributed by atoms with E-state index in [4.69, 9.17) is 15.6 Å². The maximum atomic E-state index is 12.3. The number of aliphatic carboxylic acids is 1. The van der Waals surface area contributed by atoms with Gasteiger partial charge in [0.15, 0.2) is 0 Å². The average Bonchev–Trinajstić information content (AvgIpc) is 3.06. The lowest BCUT2D eigenvalue weighted by molar-refractivity contribution is -0.143. The molecule has 2 fully saturated rings. The lowest BCUT2D eigenvalue weighted by Gasteiger charge is -2.37. The number of rotatable bonds is 7. The van der Waals surface area contributed by atoms with Crippen molar-refractivity contribution in [2.75, 3.05) is 50.4 Å². The zero-order valence-electron chi connectivity index (χ0n) is 17.5. The minimum Gasteiger partial charge on any atom is -0.480 e. The fourth-order valence-corrected chi connectivity index (χ4v) is 4.11. The first kappa shape index (κ1) is 23.0. The third-order valence-electron chi connectivity index (χ3n) is 5.39. The molecule has 1 aromatic rings. The number of hydrogen-bond donors (Lipinski definition) is 2. The zero-order chi connectivity index (χ0) is 22.8. The van der Waals surface area contributed by atoms with Gasteiger partial charge in [0.25, 0.3) is 10.0 Å². The number of piperazine rings is 1. The van der Waals surface area contributed by atoms with E-state index in [0.717, 1.165) is 6.26 Å². The van der Waals surface area contributed by atoms with Crippen LogP contribution in [0.1, 0.15) is 12.5 Å². The molecule has 1 aromatic carbocycles. The molecule has 0 bridgehead atoms. The molecule has 11 nitrogen and oxygen atoms in total. The number of nitrogens with two attached hydrogens (primary N) is 1. The summed E-state index contributed by atoms with van der Waals surface area (Å²) in [5.41, 5.74) is 6.76. The molecule has 2 aliphatic rings. The SMILES string of the molecule is CC(C(=O)O)N1CCN(CC2CN(c3ccc(C(N)=NS(C)(=O)=O)cc3)C(=O)O2)CC1. The van der Waals surface area contributed by atoms with E-state index in [-0.39, 0.29) is 11.9 Å². The van der Waals surface area contributed by atoms with Crippen molar-refractivity contribution in [1.29, 1.82) is 0 Å². The summed E-state index contributed by atoms with van der Waals surface area (Å²) in [6, 6.07) is 6.01. The standard InChI is InChI=1S/C19H27N5O6S/c1-13(18(25)26)23-9-7-22(8-10-23)11-16-12-24(19(27)30-16)15-5-3-14(4-6-15)17(20)21-31(2,28)29/h3-6,13,16H,7-12H2,1-2H3,(H2,20,21)(H,25,26). The molecule has 2 aliphatic heterocycles. The van der Waals surface area contributed by atoms with Gasteiger partial charge in [-0.1, -0.05) is 0 Å². The summed E-state index contributed by atoms with van der Waals surface area (Å²) in [6.07, 6.45) is 0.211. The predicted octanol–water partition coefficient (Wildman–Crippen LogP) is -0.233. The van der Waals surface area contributed by atoms with Crippen molar-refractivity contribution in [3.05, 3.63) is 29.8 Å². The number of carboxylic acids is 1. The number of anilines is 1. The molecule has 3 rings (SSSR count). The fraction of sp³-hybridized carbons (Fsp3) is 0.526. The van der Waals surface area contributed by atoms with Gasteiger partial charge in [0.05, 0.1) is 12.8 Å². The van der Waals surface area contributed by atoms with Crippen LogP contribution in [0, 0.1) is 0 Å². The maximum absolute atomic E-state index is 12.3. The van der Waals surface area contributed by atoms with Crippen LogP contribution in [-0.2, 0) is 19.6 Å². The summed E-state index contributed by atoms with van der Waals surface area (Å²) in [6.45, 7) is 5.35. The molecule has 2 atom stereocenters. The van der Waals surface area contributed by atoms with Gasteiger partial charge in [-0.25, -0.2) is 13.2 Å². The van der Waals surface area contributed by atoms with Gasteiger partial charge in [0.1, 0.15) is 18.0 Å². The Morgan fingerprint density at radius 1 is 1.26 bits per heavy atom. The van der Waals surface area contributed by atoms with Crippen molar-refractivity contribution in [1.82, 2.24) is 9.80 Å². The van der Waals surface area contributed by atoms with Crippen LogP contribution < -0.4 is 10.6 Å². The van der Waals surface area contributed by atoms with E-state index in [1.165, 1.54) is 4.90 Å². The van der Waals surface area contributed by atoms with Gasteiger partial charge < -0.3 is 15.6 Å². The first-order chi connectivity index (χ1) is 14.5. The van der Waals surface area contributed by atoms with Gasteiger partial charge >= 0.3 is 12.1 Å². The smallest absolute Gasteiger partial charge is 0.414 e. The summed E-state index contributed by atoms with van der Waals surface area (Å²) >= 11 is 0. The number of hydrogen-bond acceptors (Lipinski definition) is 7. The number of ether oxygens (including phenoxy) is 1. The Bertz CT molecular complexity index is 957. The lowest BCUT2D eigenvalue weighted by Crippen LogP contribution is -2.53. The zero-order valence-corrected chi connectivity index (χ0v) is 18.3. The van der Waals surface area contributed by atoms with Crippen LogP contribution in [0.15, 0.2) is 28.7 Å². The largest absolute Gasteiger partial charge is 0.480 e. The van der Waals surface area contributed by atoms with Gasteiger partial charge in [-0.3, -0.25) is 19.5 Å². The van der Waals surface area contributed by atoms with Crippen LogP contribution in [0.2, 0.25) is 0 Å². The van der Waals surface area contributed by atoms with Crippen molar-refractivity contribution in [3.63, 3.8) is 0 Å². The lowest BCUT2D eigenvalue weighted by atomic mass is 10.2. The second-order valence-electron chi connectivity index (χ2n) is 7.72. The molecule has 2 unspecified atom stereocenters. The van der Waals surface area contributed by atoms with Crippen molar-refractivity contribution in [3.8, 4) is 0 Å². The van der Waals surface area contributed by atoms with E-state index in [9.17, 15) is 18.0 Å². The molecule has 0 radical (unpaired) electrons. The Morgan fingerprint density at radius 3 is 2.42 bits per heavy atom. The molecule has 31 heavy (non-hydrogen) atoms. The molecule has 12 heteroatoms. The summed E-state index contributed by atoms with van der Waals surface area (Å²) in [5, 5.41) is 9.14. The number of sulfonamides is 1. The molecule has 2 heterocycles. The highest BCUT2D eigenvalue weighted by Gasteiger charge is 2.34. The van der Waals surface area contributed by atoms with Gasteiger partial charge in [0, 0.05) is 44.0 Å². The topological polar surface area (TPSA) is 146 Å². The molecule has 0 aromatic heterocycles. The molecule has 3 N–H and O–H groups in total. The van der Waals surface area contributed by atoms with Crippen LogP contribution in [0.5, 0.6) is 0 Å². The minimum atomic E-state index is -3.60. The van der Waals surface area contributed by atoms with E-state index in [1.807, 2.05) is 4.90 Å². The van der Waals surface area contributed by atoms with Crippen LogP contribution >= 0.6 is 0 Å². The van der Waals surface area contributed by atoms with Crippen molar-refractivity contribution < 1.29 is 27.9 Å². The van der Waals surface area contributed by atoms with E-state index in [2.05, 4.69) is 9.30 Å². The number of carbonyl (C=O) groups is 2. The first-order valence-corrected chi connectivity index (χ1v) is 11.7. The normalized spacial score (nSPS) is 22.4. The highest BCUT2D eigenvalue weighted by atomic mass is 32.2. The second kappa shape index (κ2) is 9.20. The van der Waals surface area contributed by atoms with Gasteiger partial charge in [0.2, 0.25) is 0 Å². The Kier molecular flexibility index (Phi) is 6.82. The van der Waals surface area contributed by atoms with Crippen molar-refractivity contribution in [2.24, 2.45) is 10.1 Å². The summed E-state index contributed by atoms with van der Waals surface area (Å²) in [4.78, 5) is 29.1. The summed E-state index contributed by atoms with van der Waals surface area (Å²) < 4.78 is 31.4. The second-order valence-corrected chi connectivity index (χ2v) is 9.37. The van der Waals surface area contributed by atoms with Gasteiger partial charge in [-0.15, -0.1) is 4.40 Å². The van der Waals surface area contributed by atoms with E-state index in [0.29, 0.717) is 50.5 Å². The summed E-state index contributed by atoms with van der Waals surface area (Å²) in [5.74, 6) is -0.948. The van der Waals surface area contributed by atoms with E-state index < -0.39 is 28.1 Å². The third kappa shape index (κ3) is 5.93. The number of nitrogens with zero attached hydrogens (tertiary/aromatic N) is 4. The highest BCUT2D eigenvalue weighted by molar-refractivity contribution is 7.89. The number of benzene rings is 1. The minimum absolute atomic E-state index is 0.118. The van der Waals surface area contributed by atoms with Crippen molar-refractivity contribution in [2.45, 2.75) is 19.1 Å². The Morgan fingerprint density at radius 2 is 1.87 bits per heavy atom. The maximum Gasteiger partial charge on any atom is 0.414 e. The van der Waals surface area contributed by atoms with Crippen LogP contribution in [-0.4, -0.2) is 98.9 Å².